The molecule has 0 radical (unpaired) electrons. The highest BCUT2D eigenvalue weighted by atomic mass is 16.7. The van der Waals surface area contributed by atoms with Gasteiger partial charge >= 0.3 is 7.12 Å². The molecule has 1 heterocycles. The van der Waals surface area contributed by atoms with Crippen LogP contribution in [0.1, 0.15) is 80.2 Å². The molecule has 1 saturated heterocycles. The number of carbonyl (C=O) groups excluding carboxylic acids is 3. The van der Waals surface area contributed by atoms with Crippen LogP contribution in [0.5, 0.6) is 0 Å². The van der Waals surface area contributed by atoms with Crippen molar-refractivity contribution in [3.63, 3.8) is 0 Å². The molecule has 7 rings (SSSR count). The van der Waals surface area contributed by atoms with Crippen molar-refractivity contribution >= 4 is 36.2 Å². The van der Waals surface area contributed by atoms with Gasteiger partial charge in [0.15, 0.2) is 0 Å². The number of rotatable bonds is 11. The fourth-order valence-electron chi connectivity index (χ4n) is 7.85. The van der Waals surface area contributed by atoms with Gasteiger partial charge in [-0.3, -0.25) is 14.4 Å². The van der Waals surface area contributed by atoms with Gasteiger partial charge in [0.05, 0.1) is 29.0 Å². The lowest BCUT2D eigenvalue weighted by Crippen LogP contribution is -2.63. The molecule has 6 atom stereocenters. The number of nitrogens with one attached hydrogen (secondary N) is 3. The maximum Gasteiger partial charge on any atom is 0.481 e. The summed E-state index contributed by atoms with van der Waals surface area (Å²) in [5.41, 5.74) is 8.21. The number of hydrogen-bond donors (Lipinski definition) is 4. The minimum atomic E-state index is -0.887. The lowest BCUT2D eigenvalue weighted by Gasteiger charge is -2.63. The van der Waals surface area contributed by atoms with E-state index in [4.69, 9.17) is 15.0 Å². The topological polar surface area (TPSA) is 132 Å². The van der Waals surface area contributed by atoms with Gasteiger partial charge in [0, 0.05) is 17.5 Å². The van der Waals surface area contributed by atoms with Crippen molar-refractivity contribution in [2.24, 2.45) is 23.2 Å². The standard InChI is InChI=1S/C38H47BN4O5/c1-23(2)18-32(39-47-33-28-21-27(37(28,3)4)22-38(33,5)48-39)43-36(46)31(19-24-12-7-6-8-13-24)42-35(45)26-15-11-14-25(20-26)34(44)41-30-17-10-9-16-29(30)40/h6-17,20,23,27-28,31-33H,18-19,21-22,40H2,1-5H3,(H,41,44)(H,42,45)(H,43,46)/t27-,28+,31+,32+,33?,38+/m1/s1. The first-order valence-corrected chi connectivity index (χ1v) is 17.1. The van der Waals surface area contributed by atoms with Gasteiger partial charge in [-0.2, -0.15) is 0 Å². The van der Waals surface area contributed by atoms with Crippen molar-refractivity contribution in [1.29, 1.82) is 0 Å². The van der Waals surface area contributed by atoms with E-state index in [1.165, 1.54) is 6.07 Å². The Hall–Kier alpha value is -4.15. The number of nitrogen functional groups attached to an aromatic ring is 1. The summed E-state index contributed by atoms with van der Waals surface area (Å²) >= 11 is 0. The molecule has 1 unspecified atom stereocenters. The number of anilines is 2. The van der Waals surface area contributed by atoms with E-state index in [0.717, 1.165) is 18.4 Å². The van der Waals surface area contributed by atoms with Gasteiger partial charge in [-0.1, -0.05) is 76.2 Å². The Morgan fingerprint density at radius 3 is 2.29 bits per heavy atom. The molecule has 1 aliphatic heterocycles. The minimum Gasteiger partial charge on any atom is -0.404 e. The third-order valence-corrected chi connectivity index (χ3v) is 10.7. The van der Waals surface area contributed by atoms with Crippen LogP contribution >= 0.6 is 0 Å². The molecule has 0 aromatic heterocycles. The number of carbonyl (C=O) groups is 3. The predicted octanol–water partition coefficient (Wildman–Crippen LogP) is 5.66. The Kier molecular flexibility index (Phi) is 9.42. The molecular weight excluding hydrogens is 603 g/mol. The SMILES string of the molecule is CC(C)C[C@H](NC(=O)[C@H](Cc1ccccc1)NC(=O)c1cccc(C(=O)Nc2ccccc2N)c1)B1OC2[C@@H]3C[C@H](C[C@]2(C)O1)C3(C)C. The second-order valence-corrected chi connectivity index (χ2v) is 15.0. The van der Waals surface area contributed by atoms with Crippen LogP contribution in [0.15, 0.2) is 78.9 Å². The van der Waals surface area contributed by atoms with Crippen molar-refractivity contribution in [2.45, 2.75) is 84.0 Å². The molecular formula is C38H47BN4O5. The number of nitrogens with two attached hydrogens (primary N) is 1. The van der Waals surface area contributed by atoms with E-state index in [-0.39, 0.29) is 40.9 Å². The number of benzene rings is 3. The Morgan fingerprint density at radius 2 is 1.60 bits per heavy atom. The lowest BCUT2D eigenvalue weighted by molar-refractivity contribution is -0.185. The molecule has 3 aliphatic carbocycles. The van der Waals surface area contributed by atoms with Gasteiger partial charge < -0.3 is 31.0 Å². The Labute approximate surface area is 283 Å². The molecule has 3 saturated carbocycles. The largest absolute Gasteiger partial charge is 0.481 e. The zero-order chi connectivity index (χ0) is 34.2. The lowest BCUT2D eigenvalue weighted by atomic mass is 9.45. The van der Waals surface area contributed by atoms with Crippen LogP contribution in [0.2, 0.25) is 0 Å². The van der Waals surface area contributed by atoms with Crippen LogP contribution in [0, 0.1) is 23.2 Å². The first kappa shape index (κ1) is 33.7. The molecule has 9 nitrogen and oxygen atoms in total. The first-order chi connectivity index (χ1) is 22.8. The monoisotopic (exact) mass is 650 g/mol. The zero-order valence-corrected chi connectivity index (χ0v) is 28.5. The van der Waals surface area contributed by atoms with Crippen LogP contribution in [-0.2, 0) is 20.5 Å². The molecule has 4 fully saturated rings. The fourth-order valence-corrected chi connectivity index (χ4v) is 7.85. The first-order valence-electron chi connectivity index (χ1n) is 17.1. The second-order valence-electron chi connectivity index (χ2n) is 15.0. The molecule has 3 aromatic rings. The molecule has 5 N–H and O–H groups in total. The minimum absolute atomic E-state index is 0.0170. The van der Waals surface area contributed by atoms with Gasteiger partial charge in [0.2, 0.25) is 5.91 Å². The molecule has 2 bridgehead atoms. The number of amides is 3. The van der Waals surface area contributed by atoms with Crippen molar-refractivity contribution in [1.82, 2.24) is 10.6 Å². The van der Waals surface area contributed by atoms with Gasteiger partial charge in [0.1, 0.15) is 6.04 Å². The summed E-state index contributed by atoms with van der Waals surface area (Å²) in [5, 5.41) is 8.97. The summed E-state index contributed by atoms with van der Waals surface area (Å²) in [7, 11) is -0.580. The van der Waals surface area contributed by atoms with E-state index in [1.54, 1.807) is 42.5 Å². The smallest absolute Gasteiger partial charge is 0.404 e. The van der Waals surface area contributed by atoms with E-state index >= 15 is 0 Å². The quantitative estimate of drug-likeness (QED) is 0.157. The predicted molar refractivity (Wildman–Crippen MR) is 188 cm³/mol. The van der Waals surface area contributed by atoms with Crippen LogP contribution < -0.4 is 21.7 Å². The fraction of sp³-hybridized carbons (Fsp3) is 0.447. The maximum atomic E-state index is 14.1. The Balaban J connectivity index is 1.19. The molecule has 4 aliphatic rings. The molecule has 0 spiro atoms. The average molecular weight is 651 g/mol. The highest BCUT2D eigenvalue weighted by Crippen LogP contribution is 2.64. The van der Waals surface area contributed by atoms with Crippen LogP contribution in [0.25, 0.3) is 0 Å². The molecule has 48 heavy (non-hydrogen) atoms. The van der Waals surface area contributed by atoms with Crippen molar-refractivity contribution < 1.29 is 23.7 Å². The summed E-state index contributed by atoms with van der Waals surface area (Å²) in [4.78, 5) is 40.8. The van der Waals surface area contributed by atoms with E-state index in [2.05, 4.69) is 50.6 Å². The molecule has 3 aromatic carbocycles. The van der Waals surface area contributed by atoms with Crippen LogP contribution in [0.4, 0.5) is 11.4 Å². The highest BCUT2D eigenvalue weighted by molar-refractivity contribution is 6.48. The normalized spacial score (nSPS) is 25.0. The van der Waals surface area contributed by atoms with E-state index in [9.17, 15) is 14.4 Å². The summed E-state index contributed by atoms with van der Waals surface area (Å²) in [6.45, 7) is 11.0. The molecule has 252 valence electrons. The number of hydrogen-bond acceptors (Lipinski definition) is 6. The molecule has 3 amide bonds. The maximum absolute atomic E-state index is 14.1. The Morgan fingerprint density at radius 1 is 0.917 bits per heavy atom. The van der Waals surface area contributed by atoms with Crippen LogP contribution in [0.3, 0.4) is 0 Å². The van der Waals surface area contributed by atoms with Gasteiger partial charge in [0.25, 0.3) is 11.8 Å². The Bertz CT molecular complexity index is 1670. The van der Waals surface area contributed by atoms with Crippen molar-refractivity contribution in [3.8, 4) is 0 Å². The summed E-state index contributed by atoms with van der Waals surface area (Å²) in [6.07, 6.45) is 3.02. The van der Waals surface area contributed by atoms with Crippen molar-refractivity contribution in [2.75, 3.05) is 11.1 Å². The van der Waals surface area contributed by atoms with E-state index in [0.29, 0.717) is 35.2 Å². The highest BCUT2D eigenvalue weighted by Gasteiger charge is 2.67. The summed E-state index contributed by atoms with van der Waals surface area (Å²) < 4.78 is 13.4. The van der Waals surface area contributed by atoms with Gasteiger partial charge in [-0.25, -0.2) is 0 Å². The van der Waals surface area contributed by atoms with Crippen LogP contribution in [-0.4, -0.2) is 48.5 Å². The third kappa shape index (κ3) is 6.87. The zero-order valence-electron chi connectivity index (χ0n) is 28.5. The summed E-state index contributed by atoms with van der Waals surface area (Å²) in [5.74, 6) is -0.273. The average Bonchev–Trinajstić information content (AvgIpc) is 3.43. The van der Waals surface area contributed by atoms with Gasteiger partial charge in [-0.15, -0.1) is 0 Å². The third-order valence-electron chi connectivity index (χ3n) is 10.7. The number of para-hydroxylation sites is 2. The second kappa shape index (κ2) is 13.4. The summed E-state index contributed by atoms with van der Waals surface area (Å²) in [6, 6.07) is 22.1. The van der Waals surface area contributed by atoms with Crippen molar-refractivity contribution in [3.05, 3.63) is 95.6 Å². The van der Waals surface area contributed by atoms with Gasteiger partial charge in [-0.05, 0) is 85.3 Å². The van der Waals surface area contributed by atoms with E-state index < -0.39 is 30.9 Å². The van der Waals surface area contributed by atoms with E-state index in [1.807, 2.05) is 30.3 Å². The molecule has 10 heteroatoms.